The van der Waals surface area contributed by atoms with E-state index >= 15 is 0 Å². The summed E-state index contributed by atoms with van der Waals surface area (Å²) in [6.45, 7) is 3.97. The lowest BCUT2D eigenvalue weighted by Gasteiger charge is -2.36. The van der Waals surface area contributed by atoms with Crippen molar-refractivity contribution in [3.05, 3.63) is 34.9 Å². The molecule has 2 atom stereocenters. The second kappa shape index (κ2) is 9.11. The van der Waals surface area contributed by atoms with Crippen molar-refractivity contribution in [2.24, 2.45) is 0 Å². The average molecular weight is 341 g/mol. The van der Waals surface area contributed by atoms with Gasteiger partial charge in [0.1, 0.15) is 0 Å². The number of ether oxygens (including phenoxy) is 1. The maximum atomic E-state index is 12.3. The Labute approximate surface area is 142 Å². The number of carbonyl (C=O) groups is 1. The highest BCUT2D eigenvalue weighted by Crippen LogP contribution is 2.13. The Balaban J connectivity index is 1.73. The highest BCUT2D eigenvalue weighted by Gasteiger charge is 2.27. The molecule has 23 heavy (non-hydrogen) atoms. The van der Waals surface area contributed by atoms with Gasteiger partial charge in [0.25, 0.3) is 0 Å². The molecule has 0 aromatic heterocycles. The van der Waals surface area contributed by atoms with Crippen LogP contribution < -0.4 is 5.32 Å². The number of hydrogen-bond donors (Lipinski definition) is 2. The van der Waals surface area contributed by atoms with Crippen LogP contribution >= 0.6 is 11.6 Å². The summed E-state index contributed by atoms with van der Waals surface area (Å²) in [7, 11) is 0. The summed E-state index contributed by atoms with van der Waals surface area (Å²) in [4.78, 5) is 14.1. The van der Waals surface area contributed by atoms with E-state index in [1.165, 1.54) is 5.56 Å². The largest absolute Gasteiger partial charge is 0.393 e. The van der Waals surface area contributed by atoms with Gasteiger partial charge in [0.15, 0.2) is 0 Å². The fraction of sp³-hybridized carbons (Fsp3) is 0.588. The third-order valence-electron chi connectivity index (χ3n) is 3.93. The molecule has 0 aliphatic carbocycles. The van der Waals surface area contributed by atoms with Crippen LogP contribution in [-0.4, -0.2) is 54.5 Å². The first kappa shape index (κ1) is 18.0. The quantitative estimate of drug-likeness (QED) is 0.782. The number of urea groups is 1. The number of aryl methyl sites for hydroxylation is 1. The van der Waals surface area contributed by atoms with Gasteiger partial charge in [-0.15, -0.1) is 0 Å². The van der Waals surface area contributed by atoms with Crippen molar-refractivity contribution in [3.63, 3.8) is 0 Å². The Morgan fingerprint density at radius 3 is 2.91 bits per heavy atom. The summed E-state index contributed by atoms with van der Waals surface area (Å²) in [6, 6.07) is 7.64. The van der Waals surface area contributed by atoms with Crippen LogP contribution in [0.4, 0.5) is 4.79 Å². The molecule has 0 unspecified atom stereocenters. The number of aliphatic hydroxyl groups is 1. The molecule has 0 spiro atoms. The van der Waals surface area contributed by atoms with E-state index in [0.29, 0.717) is 32.7 Å². The molecule has 2 N–H and O–H groups in total. The van der Waals surface area contributed by atoms with Crippen molar-refractivity contribution in [2.75, 3.05) is 26.3 Å². The van der Waals surface area contributed by atoms with Gasteiger partial charge in [0.2, 0.25) is 0 Å². The number of rotatable bonds is 6. The van der Waals surface area contributed by atoms with Crippen LogP contribution in [0.5, 0.6) is 0 Å². The minimum Gasteiger partial charge on any atom is -0.393 e. The Kier molecular flexibility index (Phi) is 7.15. The zero-order chi connectivity index (χ0) is 16.7. The van der Waals surface area contributed by atoms with Crippen LogP contribution in [0, 0.1) is 0 Å². The zero-order valence-electron chi connectivity index (χ0n) is 13.5. The van der Waals surface area contributed by atoms with Gasteiger partial charge in [-0.2, -0.15) is 0 Å². The van der Waals surface area contributed by atoms with Gasteiger partial charge in [-0.1, -0.05) is 23.7 Å². The van der Waals surface area contributed by atoms with Crippen molar-refractivity contribution < 1.29 is 14.6 Å². The van der Waals surface area contributed by atoms with E-state index in [9.17, 15) is 9.90 Å². The van der Waals surface area contributed by atoms with Crippen LogP contribution in [-0.2, 0) is 11.2 Å². The third kappa shape index (κ3) is 6.01. The molecular weight excluding hydrogens is 316 g/mol. The van der Waals surface area contributed by atoms with Crippen LogP contribution in [0.3, 0.4) is 0 Å². The first-order chi connectivity index (χ1) is 11.1. The minimum absolute atomic E-state index is 0.0555. The molecule has 1 saturated heterocycles. The molecule has 0 radical (unpaired) electrons. The van der Waals surface area contributed by atoms with Gasteiger partial charge in [0, 0.05) is 18.1 Å². The first-order valence-electron chi connectivity index (χ1n) is 8.11. The molecule has 1 fully saturated rings. The molecule has 2 amide bonds. The highest BCUT2D eigenvalue weighted by molar-refractivity contribution is 6.30. The van der Waals surface area contributed by atoms with Crippen molar-refractivity contribution >= 4 is 17.6 Å². The molecule has 5 nitrogen and oxygen atoms in total. The zero-order valence-corrected chi connectivity index (χ0v) is 14.3. The van der Waals surface area contributed by atoms with Gasteiger partial charge in [0.05, 0.1) is 25.4 Å². The predicted molar refractivity (Wildman–Crippen MR) is 90.8 cm³/mol. The standard InChI is InChI=1S/C17H25ClN2O3/c1-13(21)11-16-12-23-10-9-20(16)17(22)19-8-2-3-14-4-6-15(18)7-5-14/h4-7,13,16,21H,2-3,8-12H2,1H3,(H,19,22)/t13-,16+/m1/s1. The Morgan fingerprint density at radius 2 is 2.22 bits per heavy atom. The topological polar surface area (TPSA) is 61.8 Å². The number of benzene rings is 1. The maximum Gasteiger partial charge on any atom is 0.317 e. The molecule has 1 aromatic carbocycles. The molecule has 1 aliphatic heterocycles. The summed E-state index contributed by atoms with van der Waals surface area (Å²) >= 11 is 5.86. The van der Waals surface area contributed by atoms with Crippen molar-refractivity contribution in [1.29, 1.82) is 0 Å². The number of nitrogens with zero attached hydrogens (tertiary/aromatic N) is 1. The van der Waals surface area contributed by atoms with Gasteiger partial charge in [-0.25, -0.2) is 4.79 Å². The fourth-order valence-electron chi connectivity index (χ4n) is 2.75. The van der Waals surface area contributed by atoms with Gasteiger partial charge in [-0.05, 0) is 43.9 Å². The third-order valence-corrected chi connectivity index (χ3v) is 4.19. The SMILES string of the molecule is C[C@@H](O)C[C@H]1COCCN1C(=O)NCCCc1ccc(Cl)cc1. The lowest BCUT2D eigenvalue weighted by Crippen LogP contribution is -2.53. The molecular formula is C17H25ClN2O3. The average Bonchev–Trinajstić information content (AvgIpc) is 2.53. The minimum atomic E-state index is -0.443. The molecule has 6 heteroatoms. The first-order valence-corrected chi connectivity index (χ1v) is 8.49. The molecule has 1 aromatic rings. The van der Waals surface area contributed by atoms with E-state index in [-0.39, 0.29) is 12.1 Å². The van der Waals surface area contributed by atoms with Crippen molar-refractivity contribution in [2.45, 2.75) is 38.3 Å². The lowest BCUT2D eigenvalue weighted by atomic mass is 10.1. The van der Waals surface area contributed by atoms with Gasteiger partial charge in [-0.3, -0.25) is 0 Å². The summed E-state index contributed by atoms with van der Waals surface area (Å²) in [5.41, 5.74) is 1.21. The van der Waals surface area contributed by atoms with Crippen LogP contribution in [0.15, 0.2) is 24.3 Å². The van der Waals surface area contributed by atoms with E-state index in [0.717, 1.165) is 17.9 Å². The second-order valence-electron chi connectivity index (χ2n) is 5.97. The predicted octanol–water partition coefficient (Wildman–Crippen LogP) is 2.45. The molecule has 1 aliphatic rings. The molecule has 1 heterocycles. The highest BCUT2D eigenvalue weighted by atomic mass is 35.5. The van der Waals surface area contributed by atoms with E-state index in [4.69, 9.17) is 16.3 Å². The second-order valence-corrected chi connectivity index (χ2v) is 6.41. The number of carbonyl (C=O) groups excluding carboxylic acids is 1. The summed E-state index contributed by atoms with van der Waals surface area (Å²) in [6.07, 6.45) is 1.87. The smallest absolute Gasteiger partial charge is 0.317 e. The number of nitrogens with one attached hydrogen (secondary N) is 1. The number of halogens is 1. The van der Waals surface area contributed by atoms with Gasteiger partial charge >= 0.3 is 6.03 Å². The van der Waals surface area contributed by atoms with E-state index < -0.39 is 6.10 Å². The van der Waals surface area contributed by atoms with Crippen molar-refractivity contribution in [1.82, 2.24) is 10.2 Å². The van der Waals surface area contributed by atoms with Crippen LogP contribution in [0.25, 0.3) is 0 Å². The van der Waals surface area contributed by atoms with E-state index in [1.807, 2.05) is 24.3 Å². The number of amides is 2. The monoisotopic (exact) mass is 340 g/mol. The normalized spacial score (nSPS) is 19.4. The Morgan fingerprint density at radius 1 is 1.48 bits per heavy atom. The molecule has 2 rings (SSSR count). The van der Waals surface area contributed by atoms with Crippen LogP contribution in [0.2, 0.25) is 5.02 Å². The fourth-order valence-corrected chi connectivity index (χ4v) is 2.88. The summed E-state index contributed by atoms with van der Waals surface area (Å²) in [5.74, 6) is 0. The number of morpholine rings is 1. The summed E-state index contributed by atoms with van der Waals surface area (Å²) in [5, 5.41) is 13.2. The number of aliphatic hydroxyl groups excluding tert-OH is 1. The van der Waals surface area contributed by atoms with E-state index in [2.05, 4.69) is 5.32 Å². The Bertz CT molecular complexity index is 493. The summed E-state index contributed by atoms with van der Waals surface area (Å²) < 4.78 is 5.41. The van der Waals surface area contributed by atoms with Gasteiger partial charge < -0.3 is 20.1 Å². The molecule has 128 valence electrons. The lowest BCUT2D eigenvalue weighted by molar-refractivity contribution is -0.00428. The van der Waals surface area contributed by atoms with Crippen LogP contribution in [0.1, 0.15) is 25.3 Å². The van der Waals surface area contributed by atoms with Crippen molar-refractivity contribution in [3.8, 4) is 0 Å². The van der Waals surface area contributed by atoms with E-state index in [1.54, 1.807) is 11.8 Å². The molecule has 0 bridgehead atoms. The molecule has 0 saturated carbocycles. The Hall–Kier alpha value is -1.30. The number of hydrogen-bond acceptors (Lipinski definition) is 3. The maximum absolute atomic E-state index is 12.3.